The van der Waals surface area contributed by atoms with Crippen LogP contribution in [0.3, 0.4) is 0 Å². The molecule has 0 saturated carbocycles. The van der Waals surface area contributed by atoms with Crippen molar-refractivity contribution in [1.29, 1.82) is 0 Å². The quantitative estimate of drug-likeness (QED) is 0.618. The Morgan fingerprint density at radius 2 is 1.18 bits per heavy atom. The van der Waals surface area contributed by atoms with Gasteiger partial charge in [-0.3, -0.25) is 9.59 Å². The van der Waals surface area contributed by atoms with Gasteiger partial charge in [-0.25, -0.2) is 9.59 Å². The van der Waals surface area contributed by atoms with Gasteiger partial charge in [0.05, 0.1) is 13.2 Å². The molecule has 1 aromatic carbocycles. The number of ketones is 2. The van der Waals surface area contributed by atoms with Crippen LogP contribution in [0.2, 0.25) is 0 Å². The maximum Gasteiger partial charge on any atom is 0.343 e. The predicted molar refractivity (Wildman–Crippen MR) is 75.4 cm³/mol. The van der Waals surface area contributed by atoms with Crippen LogP contribution in [0.25, 0.3) is 0 Å². The Hall–Kier alpha value is -2.76. The summed E-state index contributed by atoms with van der Waals surface area (Å²) in [5.74, 6) is -3.43. The molecule has 0 fully saturated rings. The molecule has 0 N–H and O–H groups in total. The molecule has 0 spiro atoms. The van der Waals surface area contributed by atoms with Gasteiger partial charge in [-0.15, -0.1) is 0 Å². The summed E-state index contributed by atoms with van der Waals surface area (Å²) in [6.07, 6.45) is 0. The summed E-state index contributed by atoms with van der Waals surface area (Å²) in [6, 6.07) is 6.00. The lowest BCUT2D eigenvalue weighted by molar-refractivity contribution is -0.141. The number of rotatable bonds is 4. The highest BCUT2D eigenvalue weighted by Crippen LogP contribution is 2.28. The molecular formula is C16H14O6. The van der Waals surface area contributed by atoms with Crippen LogP contribution in [-0.4, -0.2) is 36.7 Å². The Balaban J connectivity index is 2.65. The third kappa shape index (κ3) is 2.55. The summed E-state index contributed by atoms with van der Waals surface area (Å²) in [6.45, 7) is 3.15. The highest BCUT2D eigenvalue weighted by atomic mass is 16.5. The van der Waals surface area contributed by atoms with Gasteiger partial charge in [-0.1, -0.05) is 24.3 Å². The second-order valence-corrected chi connectivity index (χ2v) is 4.39. The van der Waals surface area contributed by atoms with Gasteiger partial charge in [0, 0.05) is 11.1 Å². The molecule has 0 radical (unpaired) electrons. The second kappa shape index (κ2) is 6.34. The van der Waals surface area contributed by atoms with Crippen molar-refractivity contribution >= 4 is 23.5 Å². The summed E-state index contributed by atoms with van der Waals surface area (Å²) < 4.78 is 9.59. The van der Waals surface area contributed by atoms with E-state index in [4.69, 9.17) is 9.47 Å². The lowest BCUT2D eigenvalue weighted by Gasteiger charge is -2.18. The summed E-state index contributed by atoms with van der Waals surface area (Å²) in [4.78, 5) is 49.0. The van der Waals surface area contributed by atoms with Crippen molar-refractivity contribution in [1.82, 2.24) is 0 Å². The van der Waals surface area contributed by atoms with Crippen LogP contribution >= 0.6 is 0 Å². The number of benzene rings is 1. The van der Waals surface area contributed by atoms with Crippen molar-refractivity contribution in [2.45, 2.75) is 13.8 Å². The predicted octanol–water partition coefficient (Wildman–Crippen LogP) is 1.49. The van der Waals surface area contributed by atoms with Crippen LogP contribution in [0.1, 0.15) is 34.6 Å². The third-order valence-electron chi connectivity index (χ3n) is 3.08. The summed E-state index contributed by atoms with van der Waals surface area (Å²) in [5, 5.41) is 0. The first-order valence-electron chi connectivity index (χ1n) is 6.79. The molecule has 0 bridgehead atoms. The Morgan fingerprint density at radius 1 is 0.818 bits per heavy atom. The minimum Gasteiger partial charge on any atom is -0.462 e. The average molecular weight is 302 g/mol. The summed E-state index contributed by atoms with van der Waals surface area (Å²) in [7, 11) is 0. The van der Waals surface area contributed by atoms with Crippen LogP contribution in [0.4, 0.5) is 0 Å². The van der Waals surface area contributed by atoms with Crippen LogP contribution < -0.4 is 0 Å². The Kier molecular flexibility index (Phi) is 4.50. The molecule has 0 aromatic heterocycles. The van der Waals surface area contributed by atoms with E-state index in [1.165, 1.54) is 12.1 Å². The van der Waals surface area contributed by atoms with Gasteiger partial charge in [0.25, 0.3) is 0 Å². The molecule has 1 aromatic rings. The molecule has 114 valence electrons. The first kappa shape index (κ1) is 15.6. The number of esters is 2. The Morgan fingerprint density at radius 3 is 1.50 bits per heavy atom. The van der Waals surface area contributed by atoms with Crippen molar-refractivity contribution in [3.8, 4) is 0 Å². The van der Waals surface area contributed by atoms with E-state index in [0.717, 1.165) is 0 Å². The first-order chi connectivity index (χ1) is 10.5. The molecule has 6 heteroatoms. The minimum absolute atomic E-state index is 0.0154. The summed E-state index contributed by atoms with van der Waals surface area (Å²) in [5.41, 5.74) is -0.986. The van der Waals surface area contributed by atoms with Crippen molar-refractivity contribution in [2.75, 3.05) is 13.2 Å². The monoisotopic (exact) mass is 302 g/mol. The fourth-order valence-electron chi connectivity index (χ4n) is 2.17. The van der Waals surface area contributed by atoms with Gasteiger partial charge in [0.2, 0.25) is 11.6 Å². The molecular weight excluding hydrogens is 288 g/mol. The van der Waals surface area contributed by atoms with Crippen molar-refractivity contribution in [3.63, 3.8) is 0 Å². The molecule has 0 unspecified atom stereocenters. The number of ether oxygens (including phenoxy) is 2. The number of hydrogen-bond donors (Lipinski definition) is 0. The molecule has 6 nitrogen and oxygen atoms in total. The van der Waals surface area contributed by atoms with E-state index in [2.05, 4.69) is 0 Å². The molecule has 22 heavy (non-hydrogen) atoms. The molecule has 0 atom stereocenters. The fourth-order valence-corrected chi connectivity index (χ4v) is 2.17. The zero-order valence-electron chi connectivity index (χ0n) is 12.2. The SMILES string of the molecule is CCOC(=O)C1=C(C(=O)OCC)C(=O)c2ccccc2C1=O. The zero-order chi connectivity index (χ0) is 16.3. The van der Waals surface area contributed by atoms with Crippen LogP contribution in [0, 0.1) is 0 Å². The van der Waals surface area contributed by atoms with E-state index < -0.39 is 34.7 Å². The molecule has 0 saturated heterocycles. The molecule has 1 aliphatic carbocycles. The average Bonchev–Trinajstić information content (AvgIpc) is 2.51. The number of fused-ring (bicyclic) bond motifs is 1. The van der Waals surface area contributed by atoms with E-state index in [-0.39, 0.29) is 24.3 Å². The van der Waals surface area contributed by atoms with Crippen molar-refractivity contribution in [3.05, 3.63) is 46.5 Å². The lowest BCUT2D eigenvalue weighted by atomic mass is 9.84. The number of hydrogen-bond acceptors (Lipinski definition) is 6. The van der Waals surface area contributed by atoms with E-state index in [0.29, 0.717) is 0 Å². The number of carbonyl (C=O) groups excluding carboxylic acids is 4. The van der Waals surface area contributed by atoms with Crippen LogP contribution in [0.5, 0.6) is 0 Å². The lowest BCUT2D eigenvalue weighted by Crippen LogP contribution is -2.31. The fraction of sp³-hybridized carbons (Fsp3) is 0.250. The molecule has 0 amide bonds. The maximum absolute atomic E-state index is 12.5. The normalized spacial score (nSPS) is 13.7. The minimum atomic E-state index is -1.00. The van der Waals surface area contributed by atoms with Gasteiger partial charge < -0.3 is 9.47 Å². The van der Waals surface area contributed by atoms with Gasteiger partial charge in [-0.05, 0) is 13.8 Å². The van der Waals surface area contributed by atoms with Crippen molar-refractivity contribution in [2.24, 2.45) is 0 Å². The van der Waals surface area contributed by atoms with Crippen LogP contribution in [-0.2, 0) is 19.1 Å². The van der Waals surface area contributed by atoms with Gasteiger partial charge in [-0.2, -0.15) is 0 Å². The first-order valence-corrected chi connectivity index (χ1v) is 6.79. The van der Waals surface area contributed by atoms with E-state index in [9.17, 15) is 19.2 Å². The van der Waals surface area contributed by atoms with Crippen LogP contribution in [0.15, 0.2) is 35.4 Å². The maximum atomic E-state index is 12.5. The molecule has 1 aliphatic rings. The molecule has 0 heterocycles. The smallest absolute Gasteiger partial charge is 0.343 e. The summed E-state index contributed by atoms with van der Waals surface area (Å²) >= 11 is 0. The van der Waals surface area contributed by atoms with E-state index >= 15 is 0 Å². The standard InChI is InChI=1S/C16H14O6/c1-3-21-15(19)11-12(16(20)22-4-2)14(18)10-8-6-5-7-9(10)13(11)17/h5-8H,3-4H2,1-2H3. The number of Topliss-reactive ketones (excluding diaryl/α,β-unsaturated/α-hetero) is 2. The van der Waals surface area contributed by atoms with Gasteiger partial charge in [0.15, 0.2) is 0 Å². The largest absolute Gasteiger partial charge is 0.462 e. The van der Waals surface area contributed by atoms with Gasteiger partial charge >= 0.3 is 11.9 Å². The topological polar surface area (TPSA) is 86.7 Å². The third-order valence-corrected chi connectivity index (χ3v) is 3.08. The van der Waals surface area contributed by atoms with E-state index in [1.54, 1.807) is 26.0 Å². The van der Waals surface area contributed by atoms with E-state index in [1.807, 2.05) is 0 Å². The second-order valence-electron chi connectivity index (χ2n) is 4.39. The molecule has 0 aliphatic heterocycles. The Labute approximate surface area is 126 Å². The van der Waals surface area contributed by atoms with Gasteiger partial charge in [0.1, 0.15) is 11.1 Å². The highest BCUT2D eigenvalue weighted by molar-refractivity contribution is 6.41. The van der Waals surface area contributed by atoms with Crippen molar-refractivity contribution < 1.29 is 28.7 Å². The Bertz CT molecular complexity index is 639. The highest BCUT2D eigenvalue weighted by Gasteiger charge is 2.40. The zero-order valence-corrected chi connectivity index (χ0v) is 12.2. The number of carbonyl (C=O) groups is 4. The molecule has 2 rings (SSSR count).